The van der Waals surface area contributed by atoms with Crippen LogP contribution in [0.25, 0.3) is 0 Å². The Hall–Kier alpha value is -1.72. The Morgan fingerprint density at radius 3 is 2.54 bits per heavy atom. The van der Waals surface area contributed by atoms with Gasteiger partial charge in [0.05, 0.1) is 11.4 Å². The maximum Gasteiger partial charge on any atom is 0.238 e. The summed E-state index contributed by atoms with van der Waals surface area (Å²) in [5.74, 6) is 0.221. The van der Waals surface area contributed by atoms with Gasteiger partial charge in [0.15, 0.2) is 5.96 Å². The molecule has 26 heavy (non-hydrogen) atoms. The molecule has 2 aromatic rings. The van der Waals surface area contributed by atoms with E-state index in [1.807, 2.05) is 6.92 Å². The van der Waals surface area contributed by atoms with Gasteiger partial charge in [-0.15, -0.1) is 24.0 Å². The van der Waals surface area contributed by atoms with Crippen LogP contribution in [0.3, 0.4) is 0 Å². The first-order chi connectivity index (χ1) is 11.9. The standard InChI is InChI=1S/C17H21FN4O2S.HI/c1-2-20-17(22-12-14-7-3-4-9-16(14)18)21-11-13-6-5-8-15(10-13)25(19,23)24;/h3-10H,2,11-12H2,1H3,(H2,19,23,24)(H2,20,21,22);1H. The molecule has 0 spiro atoms. The molecule has 0 bridgehead atoms. The number of rotatable bonds is 6. The molecule has 0 unspecified atom stereocenters. The molecule has 0 aliphatic rings. The fourth-order valence-corrected chi connectivity index (χ4v) is 2.74. The van der Waals surface area contributed by atoms with Crippen molar-refractivity contribution in [1.29, 1.82) is 0 Å². The molecular weight excluding hydrogens is 470 g/mol. The van der Waals surface area contributed by atoms with Crippen molar-refractivity contribution >= 4 is 40.0 Å². The molecule has 0 heterocycles. The average molecular weight is 492 g/mol. The summed E-state index contributed by atoms with van der Waals surface area (Å²) in [5.41, 5.74) is 1.24. The number of guanidine groups is 1. The Kier molecular flexibility index (Phi) is 8.96. The van der Waals surface area contributed by atoms with Crippen LogP contribution in [0.1, 0.15) is 18.1 Å². The van der Waals surface area contributed by atoms with Gasteiger partial charge in [-0.25, -0.2) is 22.9 Å². The van der Waals surface area contributed by atoms with E-state index in [9.17, 15) is 12.8 Å². The highest BCUT2D eigenvalue weighted by molar-refractivity contribution is 14.0. The molecule has 0 atom stereocenters. The first kappa shape index (κ1) is 22.3. The largest absolute Gasteiger partial charge is 0.357 e. The SMILES string of the molecule is CCNC(=NCc1cccc(S(N)(=O)=O)c1)NCc1ccccc1F.I. The average Bonchev–Trinajstić information content (AvgIpc) is 2.58. The van der Waals surface area contributed by atoms with Crippen molar-refractivity contribution < 1.29 is 12.8 Å². The van der Waals surface area contributed by atoms with E-state index in [1.54, 1.807) is 30.3 Å². The number of hydrogen-bond donors (Lipinski definition) is 3. The topological polar surface area (TPSA) is 96.6 Å². The molecular formula is C17H22FIN4O2S. The number of benzene rings is 2. The third kappa shape index (κ3) is 6.89. The van der Waals surface area contributed by atoms with E-state index in [-0.39, 0.29) is 47.8 Å². The van der Waals surface area contributed by atoms with E-state index in [0.717, 1.165) is 0 Å². The molecule has 0 aliphatic heterocycles. The minimum Gasteiger partial charge on any atom is -0.357 e. The summed E-state index contributed by atoms with van der Waals surface area (Å²) in [4.78, 5) is 4.43. The molecule has 142 valence electrons. The van der Waals surface area contributed by atoms with Crippen LogP contribution in [0.5, 0.6) is 0 Å². The second-order valence-electron chi connectivity index (χ2n) is 5.33. The highest BCUT2D eigenvalue weighted by Gasteiger charge is 2.08. The Labute approximate surface area is 170 Å². The van der Waals surface area contributed by atoms with Crippen molar-refractivity contribution in [3.63, 3.8) is 0 Å². The Bertz CT molecular complexity index is 859. The van der Waals surface area contributed by atoms with E-state index in [1.165, 1.54) is 18.2 Å². The molecule has 2 rings (SSSR count). The number of aliphatic imine (C=N–C) groups is 1. The zero-order chi connectivity index (χ0) is 18.3. The number of sulfonamides is 1. The van der Waals surface area contributed by atoms with Crippen molar-refractivity contribution in [3.8, 4) is 0 Å². The van der Waals surface area contributed by atoms with Gasteiger partial charge >= 0.3 is 0 Å². The Morgan fingerprint density at radius 2 is 1.88 bits per heavy atom. The predicted molar refractivity (Wildman–Crippen MR) is 111 cm³/mol. The lowest BCUT2D eigenvalue weighted by molar-refractivity contribution is 0.597. The Balaban J connectivity index is 0.00000338. The van der Waals surface area contributed by atoms with Gasteiger partial charge in [0, 0.05) is 18.7 Å². The maximum absolute atomic E-state index is 13.7. The highest BCUT2D eigenvalue weighted by Crippen LogP contribution is 2.11. The zero-order valence-electron chi connectivity index (χ0n) is 14.3. The molecule has 0 saturated heterocycles. The van der Waals surface area contributed by atoms with E-state index in [4.69, 9.17) is 5.14 Å². The molecule has 2 aromatic carbocycles. The summed E-state index contributed by atoms with van der Waals surface area (Å²) in [6, 6.07) is 12.8. The fraction of sp³-hybridized carbons (Fsp3) is 0.235. The number of nitrogens with zero attached hydrogens (tertiary/aromatic N) is 1. The molecule has 0 fully saturated rings. The quantitative estimate of drug-likeness (QED) is 0.328. The summed E-state index contributed by atoms with van der Waals surface area (Å²) in [6.45, 7) is 3.11. The fourth-order valence-electron chi connectivity index (χ4n) is 2.15. The van der Waals surface area contributed by atoms with Crippen LogP contribution in [-0.2, 0) is 23.1 Å². The number of nitrogens with one attached hydrogen (secondary N) is 2. The summed E-state index contributed by atoms with van der Waals surface area (Å²) in [7, 11) is -3.75. The number of primary sulfonamides is 1. The van der Waals surface area contributed by atoms with Gasteiger partial charge in [0.2, 0.25) is 10.0 Å². The first-order valence-corrected chi connectivity index (χ1v) is 9.32. The lowest BCUT2D eigenvalue weighted by Crippen LogP contribution is -2.37. The molecule has 0 saturated carbocycles. The van der Waals surface area contributed by atoms with Gasteiger partial charge in [-0.3, -0.25) is 0 Å². The van der Waals surface area contributed by atoms with Gasteiger partial charge in [-0.1, -0.05) is 30.3 Å². The first-order valence-electron chi connectivity index (χ1n) is 7.77. The van der Waals surface area contributed by atoms with Crippen LogP contribution in [0.15, 0.2) is 58.4 Å². The summed E-state index contributed by atoms with van der Waals surface area (Å²) < 4.78 is 36.5. The van der Waals surface area contributed by atoms with Crippen LogP contribution in [-0.4, -0.2) is 20.9 Å². The third-order valence-corrected chi connectivity index (χ3v) is 4.31. The molecule has 6 nitrogen and oxygen atoms in total. The van der Waals surface area contributed by atoms with E-state index < -0.39 is 10.0 Å². The third-order valence-electron chi connectivity index (χ3n) is 3.40. The maximum atomic E-state index is 13.7. The molecule has 0 radical (unpaired) electrons. The van der Waals surface area contributed by atoms with Gasteiger partial charge < -0.3 is 10.6 Å². The van der Waals surface area contributed by atoms with Crippen LogP contribution >= 0.6 is 24.0 Å². The normalized spacial score (nSPS) is 11.6. The second kappa shape index (κ2) is 10.4. The summed E-state index contributed by atoms with van der Waals surface area (Å²) in [6.07, 6.45) is 0. The van der Waals surface area contributed by atoms with Crippen LogP contribution in [0, 0.1) is 5.82 Å². The van der Waals surface area contributed by atoms with Crippen LogP contribution < -0.4 is 15.8 Å². The minimum absolute atomic E-state index is 0. The minimum atomic E-state index is -3.75. The number of halogens is 2. The Morgan fingerprint density at radius 1 is 1.15 bits per heavy atom. The lowest BCUT2D eigenvalue weighted by Gasteiger charge is -2.12. The van der Waals surface area contributed by atoms with E-state index in [0.29, 0.717) is 23.6 Å². The summed E-state index contributed by atoms with van der Waals surface area (Å²) in [5, 5.41) is 11.2. The van der Waals surface area contributed by atoms with Crippen LogP contribution in [0.2, 0.25) is 0 Å². The smallest absolute Gasteiger partial charge is 0.238 e. The van der Waals surface area contributed by atoms with Gasteiger partial charge in [0.25, 0.3) is 0 Å². The van der Waals surface area contributed by atoms with Gasteiger partial charge in [0.1, 0.15) is 5.82 Å². The summed E-state index contributed by atoms with van der Waals surface area (Å²) >= 11 is 0. The van der Waals surface area contributed by atoms with Crippen molar-refractivity contribution in [2.75, 3.05) is 6.54 Å². The molecule has 9 heteroatoms. The van der Waals surface area contributed by atoms with E-state index in [2.05, 4.69) is 15.6 Å². The van der Waals surface area contributed by atoms with Crippen LogP contribution in [0.4, 0.5) is 4.39 Å². The molecule has 0 aromatic heterocycles. The molecule has 0 amide bonds. The van der Waals surface area contributed by atoms with Crippen molar-refractivity contribution in [2.45, 2.75) is 24.9 Å². The monoisotopic (exact) mass is 492 g/mol. The van der Waals surface area contributed by atoms with Gasteiger partial charge in [-0.2, -0.15) is 0 Å². The zero-order valence-corrected chi connectivity index (χ0v) is 17.4. The van der Waals surface area contributed by atoms with E-state index >= 15 is 0 Å². The molecule has 4 N–H and O–H groups in total. The second-order valence-corrected chi connectivity index (χ2v) is 6.89. The predicted octanol–water partition coefficient (Wildman–Crippen LogP) is 2.35. The lowest BCUT2D eigenvalue weighted by atomic mass is 10.2. The number of hydrogen-bond acceptors (Lipinski definition) is 3. The van der Waals surface area contributed by atoms with Crippen molar-refractivity contribution in [3.05, 3.63) is 65.5 Å². The van der Waals surface area contributed by atoms with Gasteiger partial charge in [-0.05, 0) is 30.7 Å². The molecule has 0 aliphatic carbocycles. The highest BCUT2D eigenvalue weighted by atomic mass is 127. The van der Waals surface area contributed by atoms with Crippen molar-refractivity contribution in [1.82, 2.24) is 10.6 Å². The van der Waals surface area contributed by atoms with Crippen molar-refractivity contribution in [2.24, 2.45) is 10.1 Å². The number of nitrogens with two attached hydrogens (primary N) is 1.